The molecule has 15 heavy (non-hydrogen) atoms. The van der Waals surface area contributed by atoms with Crippen LogP contribution in [0.25, 0.3) is 0 Å². The molecule has 1 atom stereocenters. The molecule has 2 N–H and O–H groups in total. The Labute approximate surface area is 101 Å². The van der Waals surface area contributed by atoms with Gasteiger partial charge in [-0.1, -0.05) is 15.9 Å². The molecule has 0 fully saturated rings. The molecule has 0 spiro atoms. The van der Waals surface area contributed by atoms with Crippen molar-refractivity contribution >= 4 is 33.6 Å². The van der Waals surface area contributed by atoms with Crippen molar-refractivity contribution < 1.29 is 9.18 Å². The summed E-state index contributed by atoms with van der Waals surface area (Å²) in [6.07, 6.45) is 0. The number of carbonyl (C=O) groups excluding carboxylic acids is 1. The number of halogens is 2. The summed E-state index contributed by atoms with van der Waals surface area (Å²) in [5, 5.41) is -0.302. The number of carbonyl (C=O) groups is 1. The zero-order chi connectivity index (χ0) is 11.4. The molecule has 1 aromatic rings. The van der Waals surface area contributed by atoms with E-state index >= 15 is 0 Å². The molecular weight excluding hydrogens is 281 g/mol. The Morgan fingerprint density at radius 1 is 1.67 bits per heavy atom. The monoisotopic (exact) mass is 291 g/mol. The molecule has 1 rings (SSSR count). The van der Waals surface area contributed by atoms with E-state index in [0.717, 1.165) is 4.47 Å². The number of primary amides is 1. The Bertz CT molecular complexity index is 372. The third-order valence-corrected chi connectivity index (χ3v) is 3.60. The average molecular weight is 292 g/mol. The lowest BCUT2D eigenvalue weighted by Gasteiger charge is -2.07. The van der Waals surface area contributed by atoms with Crippen LogP contribution in [0.1, 0.15) is 12.5 Å². The van der Waals surface area contributed by atoms with Gasteiger partial charge < -0.3 is 5.73 Å². The Morgan fingerprint density at radius 3 is 2.93 bits per heavy atom. The summed E-state index contributed by atoms with van der Waals surface area (Å²) in [6, 6.07) is 4.74. The van der Waals surface area contributed by atoms with Crippen LogP contribution in [0.3, 0.4) is 0 Å². The number of thioether (sulfide) groups is 1. The highest BCUT2D eigenvalue weighted by atomic mass is 79.9. The first-order chi connectivity index (χ1) is 7.00. The van der Waals surface area contributed by atoms with Crippen molar-refractivity contribution in [1.29, 1.82) is 0 Å². The minimum atomic E-state index is -0.379. The first-order valence-corrected chi connectivity index (χ1v) is 6.19. The molecule has 0 radical (unpaired) electrons. The van der Waals surface area contributed by atoms with Gasteiger partial charge in [0, 0.05) is 10.2 Å². The standard InChI is InChI=1S/C10H11BrFNOS/c1-6(10(13)14)15-5-7-4-8(11)2-3-9(7)12/h2-4,6H,5H2,1H3,(H2,13,14)/t6-/m1/s1. The molecule has 0 aromatic heterocycles. The number of rotatable bonds is 4. The van der Waals surface area contributed by atoms with Gasteiger partial charge in [-0.15, -0.1) is 11.8 Å². The lowest BCUT2D eigenvalue weighted by atomic mass is 10.2. The summed E-state index contributed by atoms with van der Waals surface area (Å²) in [6.45, 7) is 1.71. The molecule has 82 valence electrons. The second kappa shape index (κ2) is 5.51. The molecule has 0 saturated carbocycles. The van der Waals surface area contributed by atoms with Crippen molar-refractivity contribution in [3.05, 3.63) is 34.1 Å². The zero-order valence-electron chi connectivity index (χ0n) is 8.17. The van der Waals surface area contributed by atoms with Crippen LogP contribution in [0.2, 0.25) is 0 Å². The fraction of sp³-hybridized carbons (Fsp3) is 0.300. The van der Waals surface area contributed by atoms with E-state index in [9.17, 15) is 9.18 Å². The minimum Gasteiger partial charge on any atom is -0.369 e. The van der Waals surface area contributed by atoms with Crippen molar-refractivity contribution in [2.45, 2.75) is 17.9 Å². The molecule has 0 bridgehead atoms. The maximum atomic E-state index is 13.3. The lowest BCUT2D eigenvalue weighted by Crippen LogP contribution is -2.22. The van der Waals surface area contributed by atoms with Crippen LogP contribution >= 0.6 is 27.7 Å². The van der Waals surface area contributed by atoms with Gasteiger partial charge in [-0.25, -0.2) is 4.39 Å². The summed E-state index contributed by atoms with van der Waals surface area (Å²) in [4.78, 5) is 10.8. The van der Waals surface area contributed by atoms with Crippen LogP contribution in [0.15, 0.2) is 22.7 Å². The fourth-order valence-corrected chi connectivity index (χ4v) is 2.17. The van der Waals surface area contributed by atoms with Gasteiger partial charge in [-0.2, -0.15) is 0 Å². The molecule has 1 aromatic carbocycles. The molecule has 1 amide bonds. The molecule has 0 unspecified atom stereocenters. The lowest BCUT2D eigenvalue weighted by molar-refractivity contribution is -0.117. The molecule has 0 heterocycles. The van der Waals surface area contributed by atoms with Gasteiger partial charge in [0.1, 0.15) is 5.82 Å². The van der Waals surface area contributed by atoms with E-state index in [2.05, 4.69) is 15.9 Å². The Balaban J connectivity index is 2.65. The van der Waals surface area contributed by atoms with Crippen LogP contribution in [0.4, 0.5) is 4.39 Å². The second-order valence-electron chi connectivity index (χ2n) is 3.09. The largest absolute Gasteiger partial charge is 0.369 e. The SMILES string of the molecule is C[C@@H](SCc1cc(Br)ccc1F)C(N)=O. The van der Waals surface area contributed by atoms with Gasteiger partial charge in [-0.3, -0.25) is 4.79 Å². The van der Waals surface area contributed by atoms with E-state index in [4.69, 9.17) is 5.73 Å². The maximum absolute atomic E-state index is 13.3. The van der Waals surface area contributed by atoms with Crippen LogP contribution in [-0.4, -0.2) is 11.2 Å². The van der Waals surface area contributed by atoms with Gasteiger partial charge in [0.05, 0.1) is 5.25 Å². The number of amides is 1. The van der Waals surface area contributed by atoms with Gasteiger partial charge in [0.25, 0.3) is 0 Å². The molecule has 0 aliphatic carbocycles. The predicted molar refractivity (Wildman–Crippen MR) is 64.1 cm³/mol. The van der Waals surface area contributed by atoms with E-state index in [1.165, 1.54) is 17.8 Å². The van der Waals surface area contributed by atoms with Crippen molar-refractivity contribution in [1.82, 2.24) is 0 Å². The second-order valence-corrected chi connectivity index (χ2v) is 5.34. The highest BCUT2D eigenvalue weighted by molar-refractivity contribution is 9.10. The summed E-state index contributed by atoms with van der Waals surface area (Å²) in [5.41, 5.74) is 5.68. The minimum absolute atomic E-state index is 0.262. The molecule has 0 saturated heterocycles. The van der Waals surface area contributed by atoms with Gasteiger partial charge in [-0.05, 0) is 30.7 Å². The van der Waals surface area contributed by atoms with Crippen molar-refractivity contribution in [3.8, 4) is 0 Å². The van der Waals surface area contributed by atoms with E-state index < -0.39 is 0 Å². The Hall–Kier alpha value is -0.550. The fourth-order valence-electron chi connectivity index (χ4n) is 0.951. The van der Waals surface area contributed by atoms with Gasteiger partial charge >= 0.3 is 0 Å². The van der Waals surface area contributed by atoms with E-state index in [-0.39, 0.29) is 17.0 Å². The van der Waals surface area contributed by atoms with E-state index in [1.807, 2.05) is 0 Å². The first-order valence-electron chi connectivity index (χ1n) is 4.35. The summed E-state index contributed by atoms with van der Waals surface area (Å²) in [5.74, 6) is -0.201. The predicted octanol–water partition coefficient (Wildman–Crippen LogP) is 2.70. The van der Waals surface area contributed by atoms with Crippen LogP contribution in [-0.2, 0) is 10.5 Å². The van der Waals surface area contributed by atoms with E-state index in [0.29, 0.717) is 11.3 Å². The smallest absolute Gasteiger partial charge is 0.230 e. The number of nitrogens with two attached hydrogens (primary N) is 1. The topological polar surface area (TPSA) is 43.1 Å². The first kappa shape index (κ1) is 12.5. The average Bonchev–Trinajstić information content (AvgIpc) is 2.18. The zero-order valence-corrected chi connectivity index (χ0v) is 10.6. The van der Waals surface area contributed by atoms with Crippen molar-refractivity contribution in [3.63, 3.8) is 0 Å². The van der Waals surface area contributed by atoms with Gasteiger partial charge in [0.15, 0.2) is 0 Å². The molecular formula is C10H11BrFNOS. The maximum Gasteiger partial charge on any atom is 0.230 e. The van der Waals surface area contributed by atoms with Crippen LogP contribution in [0.5, 0.6) is 0 Å². The molecule has 5 heteroatoms. The number of hydrogen-bond acceptors (Lipinski definition) is 2. The highest BCUT2D eigenvalue weighted by Gasteiger charge is 2.10. The Morgan fingerprint density at radius 2 is 2.33 bits per heavy atom. The third-order valence-electron chi connectivity index (χ3n) is 1.90. The van der Waals surface area contributed by atoms with E-state index in [1.54, 1.807) is 19.1 Å². The third kappa shape index (κ3) is 3.83. The Kier molecular flexibility index (Phi) is 4.60. The molecule has 0 aliphatic heterocycles. The number of benzene rings is 1. The summed E-state index contributed by atoms with van der Waals surface area (Å²) in [7, 11) is 0. The molecule has 0 aliphatic rings. The highest BCUT2D eigenvalue weighted by Crippen LogP contribution is 2.22. The van der Waals surface area contributed by atoms with Crippen molar-refractivity contribution in [2.75, 3.05) is 0 Å². The summed E-state index contributed by atoms with van der Waals surface area (Å²) < 4.78 is 14.1. The van der Waals surface area contributed by atoms with Crippen molar-refractivity contribution in [2.24, 2.45) is 5.73 Å². The molecule has 2 nitrogen and oxygen atoms in total. The number of hydrogen-bond donors (Lipinski definition) is 1. The van der Waals surface area contributed by atoms with Crippen LogP contribution in [0, 0.1) is 5.82 Å². The van der Waals surface area contributed by atoms with Gasteiger partial charge in [0.2, 0.25) is 5.91 Å². The quantitative estimate of drug-likeness (QED) is 0.927. The normalized spacial score (nSPS) is 12.5. The van der Waals surface area contributed by atoms with Crippen LogP contribution < -0.4 is 5.73 Å². The summed E-state index contributed by atoms with van der Waals surface area (Å²) >= 11 is 4.59.